The normalized spacial score (nSPS) is 12.4. The van der Waals surface area contributed by atoms with Gasteiger partial charge in [-0.1, -0.05) is 54.6 Å². The first kappa shape index (κ1) is 17.5. The maximum absolute atomic E-state index is 12.4. The fourth-order valence-corrected chi connectivity index (χ4v) is 2.90. The molecule has 4 aromatic rings. The number of aromatic amines is 3. The second-order valence-electron chi connectivity index (χ2n) is 6.39. The lowest BCUT2D eigenvalue weighted by molar-refractivity contribution is 1.00. The lowest BCUT2D eigenvalue weighted by atomic mass is 10.1. The van der Waals surface area contributed by atoms with Crippen molar-refractivity contribution >= 4 is 12.2 Å². The molecule has 2 heterocycles. The van der Waals surface area contributed by atoms with Crippen molar-refractivity contribution in [3.05, 3.63) is 121 Å². The van der Waals surface area contributed by atoms with Crippen LogP contribution in [-0.4, -0.2) is 19.9 Å². The highest BCUT2D eigenvalue weighted by atomic mass is 16.1. The van der Waals surface area contributed by atoms with E-state index in [1.165, 1.54) is 0 Å². The topological polar surface area (TPSA) is 94.4 Å². The highest BCUT2D eigenvalue weighted by Crippen LogP contribution is 2.08. The summed E-state index contributed by atoms with van der Waals surface area (Å²) in [5, 5.41) is 0.441. The molecule has 2 aromatic carbocycles. The summed E-state index contributed by atoms with van der Waals surface area (Å²) in [4.78, 5) is 37.3. The number of benzene rings is 2. The predicted molar refractivity (Wildman–Crippen MR) is 108 cm³/mol. The summed E-state index contributed by atoms with van der Waals surface area (Å²) < 4.78 is 0. The molecule has 0 atom stereocenters. The summed E-state index contributed by atoms with van der Waals surface area (Å²) in [5.41, 5.74) is 2.07. The maximum Gasteiger partial charge on any atom is 0.272 e. The Labute approximate surface area is 160 Å². The quantitative estimate of drug-likeness (QED) is 0.501. The van der Waals surface area contributed by atoms with E-state index in [0.29, 0.717) is 6.42 Å². The number of imidazole rings is 1. The zero-order valence-electron chi connectivity index (χ0n) is 15.0. The Morgan fingerprint density at radius 3 is 1.96 bits per heavy atom. The first-order chi connectivity index (χ1) is 13.7. The standard InChI is InChI=1S/C22H18N4O2/c27-21-18(12-15-4-2-1-3-5-15)25-22(28)19(26-21)13-16-6-8-17(9-7-16)14-20-23-10-11-24-20/h1-13H,14H2,(H,23,24)(H,25,28)(H,26,27)/b18-12-,19-13?. The van der Waals surface area contributed by atoms with E-state index in [0.717, 1.165) is 22.5 Å². The molecule has 0 amide bonds. The Hall–Kier alpha value is -3.93. The number of hydrogen-bond acceptors (Lipinski definition) is 3. The van der Waals surface area contributed by atoms with Crippen LogP contribution in [0, 0.1) is 0 Å². The number of hydrogen-bond donors (Lipinski definition) is 3. The van der Waals surface area contributed by atoms with Crippen molar-refractivity contribution in [2.75, 3.05) is 0 Å². The fourth-order valence-electron chi connectivity index (χ4n) is 2.90. The Kier molecular flexibility index (Phi) is 4.84. The molecule has 0 saturated heterocycles. The van der Waals surface area contributed by atoms with Gasteiger partial charge in [0.2, 0.25) is 0 Å². The third kappa shape index (κ3) is 4.07. The molecule has 0 spiro atoms. The molecule has 6 nitrogen and oxygen atoms in total. The Morgan fingerprint density at radius 1 is 0.786 bits per heavy atom. The molecule has 0 radical (unpaired) electrons. The third-order valence-electron chi connectivity index (χ3n) is 4.31. The Balaban J connectivity index is 1.65. The van der Waals surface area contributed by atoms with Crippen molar-refractivity contribution < 1.29 is 0 Å². The van der Waals surface area contributed by atoms with Gasteiger partial charge in [-0.3, -0.25) is 9.59 Å². The second-order valence-corrected chi connectivity index (χ2v) is 6.39. The number of aromatic nitrogens is 4. The number of nitrogens with one attached hydrogen (secondary N) is 3. The summed E-state index contributed by atoms with van der Waals surface area (Å²) in [6, 6.07) is 17.1. The average molecular weight is 370 g/mol. The van der Waals surface area contributed by atoms with Crippen LogP contribution in [0.2, 0.25) is 0 Å². The van der Waals surface area contributed by atoms with Crippen LogP contribution in [-0.2, 0) is 6.42 Å². The molecule has 2 aromatic heterocycles. The lowest BCUT2D eigenvalue weighted by Gasteiger charge is -1.99. The Bertz CT molecular complexity index is 1300. The minimum Gasteiger partial charge on any atom is -0.348 e. The van der Waals surface area contributed by atoms with E-state index < -0.39 is 0 Å². The molecular weight excluding hydrogens is 352 g/mol. The van der Waals surface area contributed by atoms with Crippen LogP contribution in [0.5, 0.6) is 0 Å². The number of H-pyrrole nitrogens is 3. The molecule has 0 unspecified atom stereocenters. The molecule has 3 N–H and O–H groups in total. The van der Waals surface area contributed by atoms with E-state index in [9.17, 15) is 9.59 Å². The second kappa shape index (κ2) is 7.75. The van der Waals surface area contributed by atoms with Crippen molar-refractivity contribution in [3.63, 3.8) is 0 Å². The van der Waals surface area contributed by atoms with Crippen LogP contribution in [0.3, 0.4) is 0 Å². The van der Waals surface area contributed by atoms with E-state index in [1.54, 1.807) is 24.5 Å². The van der Waals surface area contributed by atoms with E-state index in [4.69, 9.17) is 0 Å². The monoisotopic (exact) mass is 370 g/mol. The van der Waals surface area contributed by atoms with Crippen molar-refractivity contribution in [1.82, 2.24) is 19.9 Å². The molecule has 0 bridgehead atoms. The van der Waals surface area contributed by atoms with Crippen LogP contribution < -0.4 is 21.8 Å². The van der Waals surface area contributed by atoms with Crippen LogP contribution in [0.4, 0.5) is 0 Å². The minimum atomic E-state index is -0.346. The zero-order chi connectivity index (χ0) is 19.3. The van der Waals surface area contributed by atoms with Gasteiger partial charge in [-0.05, 0) is 28.8 Å². The lowest BCUT2D eigenvalue weighted by Crippen LogP contribution is -2.46. The summed E-state index contributed by atoms with van der Waals surface area (Å²) in [7, 11) is 0. The van der Waals surface area contributed by atoms with Gasteiger partial charge in [0.25, 0.3) is 11.1 Å². The van der Waals surface area contributed by atoms with Gasteiger partial charge in [-0.25, -0.2) is 4.98 Å². The van der Waals surface area contributed by atoms with Gasteiger partial charge in [0.1, 0.15) is 16.5 Å². The van der Waals surface area contributed by atoms with Crippen molar-refractivity contribution in [1.29, 1.82) is 0 Å². The SMILES string of the molecule is O=c1[nH]/c(=C\c2ccccc2)c(=O)[nH]c1=Cc1ccc(Cc2ncc[nH]2)cc1. The molecule has 6 heteroatoms. The Morgan fingerprint density at radius 2 is 1.39 bits per heavy atom. The zero-order valence-corrected chi connectivity index (χ0v) is 15.0. The van der Waals surface area contributed by atoms with Crippen LogP contribution >= 0.6 is 0 Å². The van der Waals surface area contributed by atoms with Crippen LogP contribution in [0.25, 0.3) is 12.2 Å². The van der Waals surface area contributed by atoms with E-state index in [2.05, 4.69) is 19.9 Å². The number of rotatable bonds is 4. The van der Waals surface area contributed by atoms with Gasteiger partial charge in [0.15, 0.2) is 0 Å². The van der Waals surface area contributed by atoms with Gasteiger partial charge in [-0.2, -0.15) is 0 Å². The molecule has 138 valence electrons. The van der Waals surface area contributed by atoms with Gasteiger partial charge in [0, 0.05) is 18.8 Å². The molecule has 0 saturated carbocycles. The number of nitrogens with zero attached hydrogens (tertiary/aromatic N) is 1. The first-order valence-corrected chi connectivity index (χ1v) is 8.86. The van der Waals surface area contributed by atoms with Crippen molar-refractivity contribution in [3.8, 4) is 0 Å². The largest absolute Gasteiger partial charge is 0.348 e. The summed E-state index contributed by atoms with van der Waals surface area (Å²) in [6.07, 6.45) is 7.52. The average Bonchev–Trinajstić information content (AvgIpc) is 3.21. The van der Waals surface area contributed by atoms with E-state index in [1.807, 2.05) is 54.6 Å². The van der Waals surface area contributed by atoms with Crippen molar-refractivity contribution in [2.24, 2.45) is 0 Å². The third-order valence-corrected chi connectivity index (χ3v) is 4.31. The van der Waals surface area contributed by atoms with Crippen molar-refractivity contribution in [2.45, 2.75) is 6.42 Å². The first-order valence-electron chi connectivity index (χ1n) is 8.86. The van der Waals surface area contributed by atoms with Gasteiger partial charge >= 0.3 is 0 Å². The molecule has 0 fully saturated rings. The fraction of sp³-hybridized carbons (Fsp3) is 0.0455. The van der Waals surface area contributed by atoms with Gasteiger partial charge in [0.05, 0.1) is 0 Å². The summed E-state index contributed by atoms with van der Waals surface area (Å²) >= 11 is 0. The highest BCUT2D eigenvalue weighted by molar-refractivity contribution is 5.49. The minimum absolute atomic E-state index is 0.217. The molecule has 0 aliphatic heterocycles. The molecule has 4 rings (SSSR count). The molecule has 0 aliphatic rings. The van der Waals surface area contributed by atoms with Gasteiger partial charge in [-0.15, -0.1) is 0 Å². The van der Waals surface area contributed by atoms with Crippen LogP contribution in [0.15, 0.2) is 76.6 Å². The predicted octanol–water partition coefficient (Wildman–Crippen LogP) is 1.03. The summed E-state index contributed by atoms with van der Waals surface area (Å²) in [5.74, 6) is 0.891. The van der Waals surface area contributed by atoms with E-state index in [-0.39, 0.29) is 21.8 Å². The smallest absolute Gasteiger partial charge is 0.272 e. The van der Waals surface area contributed by atoms with Crippen LogP contribution in [0.1, 0.15) is 22.5 Å². The van der Waals surface area contributed by atoms with E-state index >= 15 is 0 Å². The molecule has 28 heavy (non-hydrogen) atoms. The summed E-state index contributed by atoms with van der Waals surface area (Å²) in [6.45, 7) is 0. The maximum atomic E-state index is 12.4. The highest BCUT2D eigenvalue weighted by Gasteiger charge is 2.00. The molecular formula is C22H18N4O2. The van der Waals surface area contributed by atoms with Gasteiger partial charge < -0.3 is 15.0 Å². The molecule has 0 aliphatic carbocycles.